The number of carbonyl (C=O) groups excluding carboxylic acids is 2. The Bertz CT molecular complexity index is 1320. The average molecular weight is 493 g/mol. The molecular weight excluding hydrogens is 472 g/mol. The number of ether oxygens (including phenoxy) is 2. The van der Waals surface area contributed by atoms with E-state index in [2.05, 4.69) is 5.32 Å². The molecule has 1 fully saturated rings. The van der Waals surface area contributed by atoms with Gasteiger partial charge in [0.1, 0.15) is 12.3 Å². The number of hydrogen-bond acceptors (Lipinski definition) is 5. The van der Waals surface area contributed by atoms with Crippen molar-refractivity contribution in [3.05, 3.63) is 99.7 Å². The fourth-order valence-corrected chi connectivity index (χ4v) is 3.83. The average Bonchev–Trinajstić information content (AvgIpc) is 3.11. The lowest BCUT2D eigenvalue weighted by molar-refractivity contribution is -0.123. The monoisotopic (exact) mass is 492 g/mol. The van der Waals surface area contributed by atoms with Gasteiger partial charge in [-0.05, 0) is 47.0 Å². The van der Waals surface area contributed by atoms with Crippen LogP contribution in [0.3, 0.4) is 0 Å². The van der Waals surface area contributed by atoms with Crippen molar-refractivity contribution in [1.82, 2.24) is 10.2 Å². The summed E-state index contributed by atoms with van der Waals surface area (Å²) in [6, 6.07) is 18.3. The second-order valence-corrected chi connectivity index (χ2v) is 8.10. The minimum atomic E-state index is -1.03. The van der Waals surface area contributed by atoms with Crippen LogP contribution in [0.5, 0.6) is 11.5 Å². The number of methoxy groups -OCH3 is 1. The summed E-state index contributed by atoms with van der Waals surface area (Å²) in [4.78, 5) is 37.5. The van der Waals surface area contributed by atoms with Gasteiger partial charge >= 0.3 is 12.0 Å². The summed E-state index contributed by atoms with van der Waals surface area (Å²) in [6.07, 6.45) is 1.51. The molecule has 178 valence electrons. The molecular formula is C26H21ClN2O6. The Morgan fingerprint density at radius 3 is 2.51 bits per heavy atom. The summed E-state index contributed by atoms with van der Waals surface area (Å²) in [7, 11) is 1.45. The first-order valence-electron chi connectivity index (χ1n) is 10.6. The number of aromatic carboxylic acids is 1. The molecule has 4 rings (SSSR count). The van der Waals surface area contributed by atoms with Crippen LogP contribution in [0, 0.1) is 0 Å². The number of hydrogen-bond donors (Lipinski definition) is 2. The standard InChI is InChI=1S/C26H21ClN2O6/c1-34-22-13-18(11-20(27)23(22)35-15-17-8-5-9-19(10-17)25(31)32)12-21-24(30)29(26(33)28-21)14-16-6-3-2-4-7-16/h2-13H,14-15H2,1H3,(H,28,33)(H,31,32). The fourth-order valence-electron chi connectivity index (χ4n) is 3.56. The van der Waals surface area contributed by atoms with E-state index in [0.29, 0.717) is 16.9 Å². The zero-order valence-electron chi connectivity index (χ0n) is 18.7. The van der Waals surface area contributed by atoms with Crippen LogP contribution in [0.4, 0.5) is 4.79 Å². The van der Waals surface area contributed by atoms with Crippen molar-refractivity contribution in [3.8, 4) is 11.5 Å². The summed E-state index contributed by atoms with van der Waals surface area (Å²) in [5, 5.41) is 12.0. The summed E-state index contributed by atoms with van der Waals surface area (Å²) < 4.78 is 11.2. The first-order valence-corrected chi connectivity index (χ1v) is 10.9. The molecule has 3 aromatic carbocycles. The van der Waals surface area contributed by atoms with Crippen molar-refractivity contribution >= 4 is 35.6 Å². The van der Waals surface area contributed by atoms with E-state index in [1.807, 2.05) is 30.3 Å². The van der Waals surface area contributed by atoms with E-state index in [-0.39, 0.29) is 35.2 Å². The predicted molar refractivity (Wildman–Crippen MR) is 129 cm³/mol. The molecule has 0 atom stereocenters. The second kappa shape index (κ2) is 10.3. The number of rotatable bonds is 8. The highest BCUT2D eigenvalue weighted by Gasteiger charge is 2.33. The Balaban J connectivity index is 1.53. The van der Waals surface area contributed by atoms with Crippen LogP contribution in [-0.4, -0.2) is 35.0 Å². The molecule has 0 aromatic heterocycles. The van der Waals surface area contributed by atoms with Crippen molar-refractivity contribution in [2.75, 3.05) is 7.11 Å². The number of carboxylic acids is 1. The van der Waals surface area contributed by atoms with Crippen LogP contribution >= 0.6 is 11.6 Å². The van der Waals surface area contributed by atoms with Gasteiger partial charge in [0.15, 0.2) is 11.5 Å². The molecule has 0 saturated carbocycles. The van der Waals surface area contributed by atoms with Crippen molar-refractivity contribution in [2.24, 2.45) is 0 Å². The van der Waals surface area contributed by atoms with Crippen LogP contribution in [0.25, 0.3) is 6.08 Å². The van der Waals surface area contributed by atoms with Gasteiger partial charge in [-0.1, -0.05) is 54.1 Å². The van der Waals surface area contributed by atoms with Gasteiger partial charge in [0.2, 0.25) is 0 Å². The number of nitrogens with zero attached hydrogens (tertiary/aromatic N) is 1. The third-order valence-electron chi connectivity index (χ3n) is 5.27. The van der Waals surface area contributed by atoms with Gasteiger partial charge in [0.05, 0.1) is 24.2 Å². The Morgan fingerprint density at radius 2 is 1.80 bits per heavy atom. The third kappa shape index (κ3) is 5.44. The molecule has 9 heteroatoms. The topological polar surface area (TPSA) is 105 Å². The molecule has 1 heterocycles. The van der Waals surface area contributed by atoms with Gasteiger partial charge in [-0.15, -0.1) is 0 Å². The molecule has 1 saturated heterocycles. The molecule has 3 amide bonds. The molecule has 0 bridgehead atoms. The van der Waals surface area contributed by atoms with Crippen molar-refractivity contribution < 1.29 is 29.0 Å². The SMILES string of the molecule is COc1cc(C=C2NC(=O)N(Cc3ccccc3)C2=O)cc(Cl)c1OCc1cccc(C(=O)O)c1. The van der Waals surface area contributed by atoms with Crippen LogP contribution in [0.1, 0.15) is 27.0 Å². The van der Waals surface area contributed by atoms with E-state index < -0.39 is 17.9 Å². The van der Waals surface area contributed by atoms with Gasteiger partial charge in [-0.3, -0.25) is 9.69 Å². The minimum absolute atomic E-state index is 0.0701. The summed E-state index contributed by atoms with van der Waals surface area (Å²) in [5.41, 5.74) is 2.26. The maximum Gasteiger partial charge on any atom is 0.335 e. The Morgan fingerprint density at radius 1 is 1.06 bits per heavy atom. The molecule has 1 aliphatic rings. The highest BCUT2D eigenvalue weighted by molar-refractivity contribution is 6.32. The quantitative estimate of drug-likeness (QED) is 0.348. The lowest BCUT2D eigenvalue weighted by Crippen LogP contribution is -2.30. The number of imide groups is 1. The largest absolute Gasteiger partial charge is 0.493 e. The van der Waals surface area contributed by atoms with Gasteiger partial charge in [0.25, 0.3) is 5.91 Å². The van der Waals surface area contributed by atoms with Crippen molar-refractivity contribution in [3.63, 3.8) is 0 Å². The molecule has 8 nitrogen and oxygen atoms in total. The molecule has 0 unspecified atom stereocenters. The Hall–Kier alpha value is -4.30. The molecule has 2 N–H and O–H groups in total. The summed E-state index contributed by atoms with van der Waals surface area (Å²) >= 11 is 6.44. The zero-order valence-corrected chi connectivity index (χ0v) is 19.4. The highest BCUT2D eigenvalue weighted by atomic mass is 35.5. The smallest absolute Gasteiger partial charge is 0.335 e. The van der Waals surface area contributed by atoms with Crippen LogP contribution in [0.15, 0.2) is 72.4 Å². The van der Waals surface area contributed by atoms with Crippen LogP contribution in [0.2, 0.25) is 5.02 Å². The second-order valence-electron chi connectivity index (χ2n) is 7.69. The Kier molecular flexibility index (Phi) is 7.03. The number of amides is 3. The fraction of sp³-hybridized carbons (Fsp3) is 0.115. The third-order valence-corrected chi connectivity index (χ3v) is 5.55. The summed E-state index contributed by atoms with van der Waals surface area (Å²) in [5.74, 6) is -0.899. The maximum atomic E-state index is 12.8. The summed E-state index contributed by atoms with van der Waals surface area (Å²) in [6.45, 7) is 0.226. The Labute approximate surface area is 206 Å². The van der Waals surface area contributed by atoms with Crippen LogP contribution < -0.4 is 14.8 Å². The van der Waals surface area contributed by atoms with E-state index in [9.17, 15) is 14.4 Å². The van der Waals surface area contributed by atoms with Gasteiger partial charge in [-0.25, -0.2) is 9.59 Å². The van der Waals surface area contributed by atoms with Gasteiger partial charge < -0.3 is 19.9 Å². The highest BCUT2D eigenvalue weighted by Crippen LogP contribution is 2.37. The van der Waals surface area contributed by atoms with Crippen molar-refractivity contribution in [2.45, 2.75) is 13.2 Å². The molecule has 35 heavy (non-hydrogen) atoms. The van der Waals surface area contributed by atoms with E-state index >= 15 is 0 Å². The number of carbonyl (C=O) groups is 3. The van der Waals surface area contributed by atoms with E-state index in [4.69, 9.17) is 26.2 Å². The lowest BCUT2D eigenvalue weighted by atomic mass is 10.1. The molecule has 3 aromatic rings. The first-order chi connectivity index (χ1) is 16.9. The molecule has 0 radical (unpaired) electrons. The molecule has 1 aliphatic heterocycles. The minimum Gasteiger partial charge on any atom is -0.493 e. The van der Waals surface area contributed by atoms with Gasteiger partial charge in [-0.2, -0.15) is 0 Å². The maximum absolute atomic E-state index is 12.8. The molecule has 0 aliphatic carbocycles. The number of halogens is 1. The van der Waals surface area contributed by atoms with Gasteiger partial charge in [0, 0.05) is 0 Å². The van der Waals surface area contributed by atoms with Crippen molar-refractivity contribution in [1.29, 1.82) is 0 Å². The van der Waals surface area contributed by atoms with Crippen LogP contribution in [-0.2, 0) is 17.9 Å². The predicted octanol–water partition coefficient (Wildman–Crippen LogP) is 4.72. The molecule has 0 spiro atoms. The number of benzene rings is 3. The van der Waals surface area contributed by atoms with E-state index in [1.54, 1.807) is 24.3 Å². The lowest BCUT2D eigenvalue weighted by Gasteiger charge is -2.14. The van der Waals surface area contributed by atoms with E-state index in [0.717, 1.165) is 10.5 Å². The van der Waals surface area contributed by atoms with E-state index in [1.165, 1.54) is 25.3 Å². The number of urea groups is 1. The number of nitrogens with one attached hydrogen (secondary N) is 1. The zero-order chi connectivity index (χ0) is 24.9. The number of carboxylic acid groups (broad SMARTS) is 1. The normalized spacial score (nSPS) is 14.2. The first kappa shape index (κ1) is 23.8.